The van der Waals surface area contributed by atoms with E-state index in [-0.39, 0.29) is 10.7 Å². The second kappa shape index (κ2) is 3.20. The van der Waals surface area contributed by atoms with Gasteiger partial charge in [0.25, 0.3) is 0 Å². The van der Waals surface area contributed by atoms with Crippen LogP contribution in [-0.2, 0) is 4.52 Å². The molecule has 1 heterocycles. The third-order valence-electron chi connectivity index (χ3n) is 1.93. The van der Waals surface area contributed by atoms with E-state index in [1.54, 1.807) is 6.66 Å². The largest absolute Gasteiger partial charge is 0.327 e. The van der Waals surface area contributed by atoms with Gasteiger partial charge in [-0.3, -0.25) is 0 Å². The fraction of sp³-hybridized carbons (Fsp3) is 0.750. The van der Waals surface area contributed by atoms with E-state index in [1.807, 2.05) is 0 Å². The molecule has 1 N–H and O–H groups in total. The van der Waals surface area contributed by atoms with Gasteiger partial charge in [-0.2, -0.15) is 4.52 Å². The Morgan fingerprint density at radius 1 is 1.75 bits per heavy atom. The highest BCUT2D eigenvalue weighted by Crippen LogP contribution is 2.72. The van der Waals surface area contributed by atoms with E-state index < -0.39 is 6.92 Å². The number of terminal acetylenes is 1. The molecule has 1 fully saturated rings. The summed E-state index contributed by atoms with van der Waals surface area (Å²) in [7, 11) is 0. The molecular weight excluding hydrogens is 191 g/mol. The van der Waals surface area contributed by atoms with Crippen molar-refractivity contribution >= 4 is 18.3 Å². The van der Waals surface area contributed by atoms with Gasteiger partial charge in [0.05, 0.1) is 22.0 Å². The number of rotatable bonds is 0. The van der Waals surface area contributed by atoms with Crippen molar-refractivity contribution in [2.45, 2.75) is 18.6 Å². The van der Waals surface area contributed by atoms with E-state index in [2.05, 4.69) is 19.8 Å². The molecule has 12 heavy (non-hydrogen) atoms. The molecule has 0 aromatic carbocycles. The van der Waals surface area contributed by atoms with E-state index in [0.717, 1.165) is 0 Å². The molecule has 0 saturated carbocycles. The van der Waals surface area contributed by atoms with Crippen LogP contribution in [0.2, 0.25) is 0 Å². The van der Waals surface area contributed by atoms with Crippen molar-refractivity contribution in [1.82, 2.24) is 0 Å². The van der Waals surface area contributed by atoms with Gasteiger partial charge in [0.15, 0.2) is 0 Å². The van der Waals surface area contributed by atoms with E-state index in [1.165, 1.54) is 11.4 Å². The van der Waals surface area contributed by atoms with Gasteiger partial charge in [0.2, 0.25) is 0 Å². The van der Waals surface area contributed by atoms with Crippen LogP contribution in [0.1, 0.15) is 13.8 Å². The van der Waals surface area contributed by atoms with Crippen LogP contribution in [0, 0.1) is 18.3 Å². The van der Waals surface area contributed by atoms with Gasteiger partial charge in [-0.05, 0) is 13.8 Å². The maximum Gasteiger partial charge on any atom is 0.327 e. The van der Waals surface area contributed by atoms with E-state index in [9.17, 15) is 4.89 Å². The van der Waals surface area contributed by atoms with Crippen LogP contribution in [-0.4, -0.2) is 22.9 Å². The molecular formula is C8H14O2PS+. The normalized spacial score (nSPS) is 40.4. The van der Waals surface area contributed by atoms with Crippen LogP contribution in [0.25, 0.3) is 0 Å². The van der Waals surface area contributed by atoms with Crippen LogP contribution in [0.15, 0.2) is 0 Å². The molecule has 0 radical (unpaired) electrons. The van der Waals surface area contributed by atoms with Crippen molar-refractivity contribution in [1.29, 1.82) is 0 Å². The van der Waals surface area contributed by atoms with Gasteiger partial charge in [0.1, 0.15) is 13.3 Å². The zero-order valence-electron chi connectivity index (χ0n) is 7.57. The highest BCUT2D eigenvalue weighted by atomic mass is 32.7. The van der Waals surface area contributed by atoms with Crippen LogP contribution in [0.3, 0.4) is 0 Å². The van der Waals surface area contributed by atoms with Crippen molar-refractivity contribution in [3.05, 3.63) is 0 Å². The fourth-order valence-electron chi connectivity index (χ4n) is 1.19. The molecule has 1 saturated heterocycles. The lowest BCUT2D eigenvalue weighted by Crippen LogP contribution is -2.34. The first-order valence-electron chi connectivity index (χ1n) is 3.78. The summed E-state index contributed by atoms with van der Waals surface area (Å²) >= 11 is 1.48. The molecule has 0 amide bonds. The quantitative estimate of drug-likeness (QED) is 0.485. The van der Waals surface area contributed by atoms with Gasteiger partial charge >= 0.3 is 6.92 Å². The average molecular weight is 205 g/mol. The summed E-state index contributed by atoms with van der Waals surface area (Å²) in [6.07, 6.45) is 5.35. The fourth-order valence-corrected chi connectivity index (χ4v) is 6.15. The molecule has 1 rings (SSSR count). The van der Waals surface area contributed by atoms with E-state index in [4.69, 9.17) is 10.9 Å². The first-order valence-corrected chi connectivity index (χ1v) is 7.31. The van der Waals surface area contributed by atoms with Crippen LogP contribution in [0.4, 0.5) is 0 Å². The predicted molar refractivity (Wildman–Crippen MR) is 55.0 cm³/mol. The van der Waals surface area contributed by atoms with Crippen LogP contribution >= 0.6 is 18.3 Å². The lowest BCUT2D eigenvalue weighted by Gasteiger charge is -2.34. The zero-order chi connectivity index (χ0) is 9.41. The molecule has 4 heteroatoms. The summed E-state index contributed by atoms with van der Waals surface area (Å²) in [6, 6.07) is 0. The van der Waals surface area contributed by atoms with Gasteiger partial charge in [-0.1, -0.05) is 5.92 Å². The highest BCUT2D eigenvalue weighted by Gasteiger charge is 2.50. The summed E-state index contributed by atoms with van der Waals surface area (Å²) in [6.45, 7) is 4.16. The van der Waals surface area contributed by atoms with Crippen molar-refractivity contribution < 1.29 is 9.42 Å². The first-order chi connectivity index (χ1) is 5.37. The van der Waals surface area contributed by atoms with Gasteiger partial charge in [-0.15, -0.1) is 6.42 Å². The molecule has 2 unspecified atom stereocenters. The van der Waals surface area contributed by atoms with Crippen LogP contribution < -0.4 is 0 Å². The topological polar surface area (TPSA) is 29.5 Å². The van der Waals surface area contributed by atoms with Gasteiger partial charge in [0, 0.05) is 0 Å². The molecule has 0 bridgehead atoms. The predicted octanol–water partition coefficient (Wildman–Crippen LogP) is 2.16. The molecule has 0 aromatic rings. The second-order valence-corrected chi connectivity index (χ2v) is 9.19. The van der Waals surface area contributed by atoms with Gasteiger partial charge in [-0.25, -0.2) is 4.89 Å². The summed E-state index contributed by atoms with van der Waals surface area (Å²) in [5, 5.41) is 0. The third-order valence-corrected chi connectivity index (χ3v) is 6.39. The van der Waals surface area contributed by atoms with Crippen molar-refractivity contribution in [3.63, 3.8) is 0 Å². The maximum atomic E-state index is 9.71. The Morgan fingerprint density at radius 3 is 2.75 bits per heavy atom. The van der Waals surface area contributed by atoms with E-state index >= 15 is 0 Å². The summed E-state index contributed by atoms with van der Waals surface area (Å²) < 4.78 is 5.23. The molecule has 1 aliphatic heterocycles. The molecule has 2 nitrogen and oxygen atoms in total. The number of hydrogen-bond acceptors (Lipinski definition) is 3. The zero-order valence-corrected chi connectivity index (χ0v) is 9.28. The Bertz CT molecular complexity index is 220. The Labute approximate surface area is 78.3 Å². The van der Waals surface area contributed by atoms with Gasteiger partial charge < -0.3 is 0 Å². The minimum Gasteiger partial charge on any atom is -0.208 e. The minimum absolute atomic E-state index is 0.0652. The molecule has 2 atom stereocenters. The molecule has 68 valence electrons. The molecule has 0 spiro atoms. The van der Waals surface area contributed by atoms with E-state index in [0.29, 0.717) is 6.61 Å². The number of hydrogen-bond donors (Lipinski definition) is 1. The van der Waals surface area contributed by atoms with Crippen molar-refractivity contribution in [2.24, 2.45) is 5.92 Å². The minimum atomic E-state index is -2.19. The molecule has 0 aromatic heterocycles. The monoisotopic (exact) mass is 205 g/mol. The lowest BCUT2D eigenvalue weighted by molar-refractivity contribution is 0.246. The highest BCUT2D eigenvalue weighted by molar-refractivity contribution is 8.59. The second-order valence-electron chi connectivity index (χ2n) is 3.51. The Kier molecular flexibility index (Phi) is 2.75. The lowest BCUT2D eigenvalue weighted by atomic mass is 9.97. The molecule has 1 aliphatic rings. The SMILES string of the molecule is C#CC1CO[P+](C)(O)SC1(C)C. The maximum absolute atomic E-state index is 9.71. The summed E-state index contributed by atoms with van der Waals surface area (Å²) in [5.41, 5.74) is 0. The van der Waals surface area contributed by atoms with Crippen molar-refractivity contribution in [2.75, 3.05) is 13.3 Å². The Balaban J connectivity index is 2.76. The average Bonchev–Trinajstić information content (AvgIpc) is 1.83. The summed E-state index contributed by atoms with van der Waals surface area (Å²) in [4.78, 5) is 9.71. The smallest absolute Gasteiger partial charge is 0.208 e. The third kappa shape index (κ3) is 2.14. The Hall–Kier alpha value is 0.260. The molecule has 0 aliphatic carbocycles. The standard InChI is InChI=1S/C8H14O2PS/c1-5-7-6-10-11(4,9)12-8(7,2)3/h1,7,9H,6H2,2-4H3/q+1. The Morgan fingerprint density at radius 2 is 2.33 bits per heavy atom. The first kappa shape index (κ1) is 10.3. The van der Waals surface area contributed by atoms with Crippen LogP contribution in [0.5, 0.6) is 0 Å². The van der Waals surface area contributed by atoms with Crippen molar-refractivity contribution in [3.8, 4) is 12.3 Å². The summed E-state index contributed by atoms with van der Waals surface area (Å²) in [5.74, 6) is 2.79.